The van der Waals surface area contributed by atoms with E-state index in [4.69, 9.17) is 5.11 Å². The molecule has 0 aliphatic carbocycles. The highest BCUT2D eigenvalue weighted by atomic mass is 32.2. The number of hydrogen-bond acceptors (Lipinski definition) is 2. The van der Waals surface area contributed by atoms with Crippen LogP contribution in [0.1, 0.15) is 13.3 Å². The normalized spacial score (nSPS) is 12.8. The molecule has 1 atom stereocenters. The van der Waals surface area contributed by atoms with E-state index in [9.17, 15) is 4.39 Å². The van der Waals surface area contributed by atoms with E-state index in [0.29, 0.717) is 11.3 Å². The van der Waals surface area contributed by atoms with Gasteiger partial charge in [0.15, 0.2) is 0 Å². The van der Waals surface area contributed by atoms with Gasteiger partial charge in [-0.05, 0) is 25.5 Å². The summed E-state index contributed by atoms with van der Waals surface area (Å²) in [6.07, 6.45) is 0.387. The molecule has 1 nitrogen and oxygen atoms in total. The van der Waals surface area contributed by atoms with Crippen LogP contribution >= 0.6 is 11.8 Å². The average Bonchev–Trinajstić information content (AvgIpc) is 2.08. The first-order chi connectivity index (χ1) is 6.20. The Morgan fingerprint density at radius 3 is 2.77 bits per heavy atom. The van der Waals surface area contributed by atoms with Crippen molar-refractivity contribution < 1.29 is 9.50 Å². The molecular weight excluding hydrogens is 187 g/mol. The third-order valence-corrected chi connectivity index (χ3v) is 2.71. The van der Waals surface area contributed by atoms with E-state index < -0.39 is 0 Å². The van der Waals surface area contributed by atoms with Crippen molar-refractivity contribution >= 4 is 11.8 Å². The van der Waals surface area contributed by atoms with Gasteiger partial charge in [-0.1, -0.05) is 12.1 Å². The molecule has 1 rings (SSSR count). The van der Waals surface area contributed by atoms with Crippen LogP contribution in [0.2, 0.25) is 0 Å². The first-order valence-corrected chi connectivity index (χ1v) is 5.24. The number of aliphatic hydroxyl groups excluding tert-OH is 1. The number of thioether (sulfide) groups is 1. The molecule has 1 aromatic carbocycles. The van der Waals surface area contributed by atoms with Crippen molar-refractivity contribution in [3.63, 3.8) is 0 Å². The van der Waals surface area contributed by atoms with Crippen LogP contribution in [0.4, 0.5) is 4.39 Å². The number of hydrogen-bond donors (Lipinski definition) is 1. The largest absolute Gasteiger partial charge is 0.393 e. The van der Waals surface area contributed by atoms with Crippen LogP contribution in [0.15, 0.2) is 29.2 Å². The maximum atomic E-state index is 13.0. The Kier molecular flexibility index (Phi) is 4.25. The van der Waals surface area contributed by atoms with Crippen LogP contribution < -0.4 is 0 Å². The van der Waals surface area contributed by atoms with E-state index in [1.807, 2.05) is 6.07 Å². The Hall–Kier alpha value is -0.540. The quantitative estimate of drug-likeness (QED) is 0.754. The highest BCUT2D eigenvalue weighted by molar-refractivity contribution is 7.99. The van der Waals surface area contributed by atoms with Gasteiger partial charge in [0, 0.05) is 10.6 Å². The van der Waals surface area contributed by atoms with Crippen molar-refractivity contribution in [3.05, 3.63) is 30.1 Å². The lowest BCUT2D eigenvalue weighted by Crippen LogP contribution is -2.00. The molecule has 0 unspecified atom stereocenters. The molecule has 72 valence electrons. The third-order valence-electron chi connectivity index (χ3n) is 1.63. The van der Waals surface area contributed by atoms with E-state index in [-0.39, 0.29) is 11.9 Å². The molecule has 0 aromatic heterocycles. The van der Waals surface area contributed by atoms with Crippen molar-refractivity contribution in [1.29, 1.82) is 0 Å². The Morgan fingerprint density at radius 1 is 1.46 bits per heavy atom. The topological polar surface area (TPSA) is 20.2 Å². The van der Waals surface area contributed by atoms with Gasteiger partial charge in [0.05, 0.1) is 6.10 Å². The Morgan fingerprint density at radius 2 is 2.15 bits per heavy atom. The minimum atomic E-state index is -0.306. The lowest BCUT2D eigenvalue weighted by atomic mass is 10.3. The molecule has 0 saturated carbocycles. The maximum Gasteiger partial charge on any atom is 0.136 e. The standard InChI is InChI=1S/C10H13FOS/c1-8(12)6-7-13-10-5-3-2-4-9(10)11/h2-5,8,12H,6-7H2,1H3/t8-/m1/s1. The molecule has 1 aromatic rings. The predicted molar refractivity (Wildman–Crippen MR) is 53.4 cm³/mol. The average molecular weight is 200 g/mol. The first kappa shape index (κ1) is 10.5. The number of halogens is 1. The first-order valence-electron chi connectivity index (χ1n) is 4.25. The monoisotopic (exact) mass is 200 g/mol. The zero-order chi connectivity index (χ0) is 9.68. The molecule has 0 fully saturated rings. The summed E-state index contributed by atoms with van der Waals surface area (Å²) in [6.45, 7) is 1.74. The lowest BCUT2D eigenvalue weighted by molar-refractivity contribution is 0.192. The molecule has 0 spiro atoms. The van der Waals surface area contributed by atoms with Gasteiger partial charge in [0.25, 0.3) is 0 Å². The van der Waals surface area contributed by atoms with Gasteiger partial charge in [0.2, 0.25) is 0 Å². The molecule has 0 aliphatic rings. The molecular formula is C10H13FOS. The molecule has 0 aliphatic heterocycles. The highest BCUT2D eigenvalue weighted by Crippen LogP contribution is 2.21. The number of benzene rings is 1. The summed E-state index contributed by atoms with van der Waals surface area (Å²) < 4.78 is 13.0. The fraction of sp³-hybridized carbons (Fsp3) is 0.400. The van der Waals surface area contributed by atoms with Gasteiger partial charge >= 0.3 is 0 Å². The van der Waals surface area contributed by atoms with Gasteiger partial charge in [-0.3, -0.25) is 0 Å². The fourth-order valence-electron chi connectivity index (χ4n) is 0.901. The second-order valence-corrected chi connectivity index (χ2v) is 4.05. The van der Waals surface area contributed by atoms with Crippen molar-refractivity contribution in [2.24, 2.45) is 0 Å². The predicted octanol–water partition coefficient (Wildman–Crippen LogP) is 2.69. The SMILES string of the molecule is C[C@@H](O)CCSc1ccccc1F. The van der Waals surface area contributed by atoms with E-state index >= 15 is 0 Å². The molecule has 0 bridgehead atoms. The number of rotatable bonds is 4. The second-order valence-electron chi connectivity index (χ2n) is 2.92. The van der Waals surface area contributed by atoms with E-state index in [1.165, 1.54) is 17.8 Å². The summed E-state index contributed by atoms with van der Waals surface area (Å²) in [5.74, 6) is 0.566. The van der Waals surface area contributed by atoms with Gasteiger partial charge in [-0.25, -0.2) is 4.39 Å². The molecule has 3 heteroatoms. The van der Waals surface area contributed by atoms with Gasteiger partial charge in [0.1, 0.15) is 5.82 Å². The van der Waals surface area contributed by atoms with Crippen LogP contribution in [-0.2, 0) is 0 Å². The molecule has 0 heterocycles. The number of aliphatic hydroxyl groups is 1. The summed E-state index contributed by atoms with van der Waals surface area (Å²) >= 11 is 1.44. The minimum absolute atomic E-state index is 0.182. The summed E-state index contributed by atoms with van der Waals surface area (Å²) in [4.78, 5) is 0.656. The zero-order valence-electron chi connectivity index (χ0n) is 7.53. The lowest BCUT2D eigenvalue weighted by Gasteiger charge is -2.04. The third kappa shape index (κ3) is 3.79. The fourth-order valence-corrected chi connectivity index (χ4v) is 1.96. The maximum absolute atomic E-state index is 13.0. The van der Waals surface area contributed by atoms with Gasteiger partial charge in [-0.15, -0.1) is 11.8 Å². The van der Waals surface area contributed by atoms with E-state index in [1.54, 1.807) is 19.1 Å². The minimum Gasteiger partial charge on any atom is -0.393 e. The molecule has 0 saturated heterocycles. The van der Waals surface area contributed by atoms with Gasteiger partial charge < -0.3 is 5.11 Å². The smallest absolute Gasteiger partial charge is 0.136 e. The van der Waals surface area contributed by atoms with Crippen LogP contribution in [0, 0.1) is 5.82 Å². The van der Waals surface area contributed by atoms with Crippen molar-refractivity contribution in [2.45, 2.75) is 24.3 Å². The summed E-state index contributed by atoms with van der Waals surface area (Å²) in [6, 6.07) is 6.69. The molecule has 13 heavy (non-hydrogen) atoms. The Bertz CT molecular complexity index is 263. The van der Waals surface area contributed by atoms with Crippen LogP contribution in [0.5, 0.6) is 0 Å². The molecule has 0 amide bonds. The summed E-state index contributed by atoms with van der Waals surface area (Å²) in [7, 11) is 0. The molecule has 0 radical (unpaired) electrons. The van der Waals surface area contributed by atoms with E-state index in [0.717, 1.165) is 5.75 Å². The Labute approximate surface area is 82.0 Å². The second kappa shape index (κ2) is 5.25. The zero-order valence-corrected chi connectivity index (χ0v) is 8.35. The van der Waals surface area contributed by atoms with Crippen molar-refractivity contribution in [2.75, 3.05) is 5.75 Å². The van der Waals surface area contributed by atoms with Crippen LogP contribution in [0.3, 0.4) is 0 Å². The van der Waals surface area contributed by atoms with E-state index in [2.05, 4.69) is 0 Å². The summed E-state index contributed by atoms with van der Waals surface area (Å²) in [5, 5.41) is 8.99. The van der Waals surface area contributed by atoms with Crippen LogP contribution in [-0.4, -0.2) is 17.0 Å². The van der Waals surface area contributed by atoms with Crippen LogP contribution in [0.25, 0.3) is 0 Å². The van der Waals surface area contributed by atoms with Gasteiger partial charge in [-0.2, -0.15) is 0 Å². The highest BCUT2D eigenvalue weighted by Gasteiger charge is 2.01. The summed E-state index contributed by atoms with van der Waals surface area (Å²) in [5.41, 5.74) is 0. The Balaban J connectivity index is 2.41. The van der Waals surface area contributed by atoms with Crippen molar-refractivity contribution in [3.8, 4) is 0 Å². The molecule has 1 N–H and O–H groups in total. The van der Waals surface area contributed by atoms with Crippen molar-refractivity contribution in [1.82, 2.24) is 0 Å².